The van der Waals surface area contributed by atoms with E-state index in [1.807, 2.05) is 26.2 Å². The maximum absolute atomic E-state index is 4.80. The molecule has 2 heterocycles. The van der Waals surface area contributed by atoms with Crippen LogP contribution in [0.2, 0.25) is 0 Å². The van der Waals surface area contributed by atoms with Crippen LogP contribution in [0.4, 0.5) is 11.8 Å². The summed E-state index contributed by atoms with van der Waals surface area (Å²) >= 11 is 3.69. The van der Waals surface area contributed by atoms with Crippen molar-refractivity contribution < 1.29 is 0 Å². The maximum Gasteiger partial charge on any atom is 0.225 e. The molecule has 0 spiro atoms. The second-order valence-corrected chi connectivity index (χ2v) is 9.73. The molecule has 0 aliphatic heterocycles. The summed E-state index contributed by atoms with van der Waals surface area (Å²) in [4.78, 5) is 11.6. The summed E-state index contributed by atoms with van der Waals surface area (Å²) in [6.07, 6.45) is 4.73. The zero-order valence-corrected chi connectivity index (χ0v) is 21.1. The first kappa shape index (κ1) is 23.0. The number of aromatic nitrogens is 4. The SMILES string of the molecule is CCn1nc(C)c(Br)c1CNCC1CCC(Nc2nc(N(C)C)c3ccccc3n2)CC1. The van der Waals surface area contributed by atoms with E-state index in [2.05, 4.69) is 67.2 Å². The predicted molar refractivity (Wildman–Crippen MR) is 135 cm³/mol. The van der Waals surface area contributed by atoms with Crippen molar-refractivity contribution in [1.29, 1.82) is 0 Å². The summed E-state index contributed by atoms with van der Waals surface area (Å²) in [5.41, 5.74) is 3.29. The molecule has 2 N–H and O–H groups in total. The van der Waals surface area contributed by atoms with E-state index in [0.29, 0.717) is 12.0 Å². The topological polar surface area (TPSA) is 70.9 Å². The molecule has 172 valence electrons. The standard InChI is InChI=1S/C24H34BrN7/c1-5-32-21(22(25)16(2)30-32)15-26-14-17-10-12-18(13-11-17)27-24-28-20-9-7-6-8-19(20)23(29-24)31(3)4/h6-9,17-18,26H,5,10-15H2,1-4H3,(H,27,28,29). The van der Waals surface area contributed by atoms with Crippen LogP contribution < -0.4 is 15.5 Å². The number of hydrogen-bond acceptors (Lipinski definition) is 6. The van der Waals surface area contributed by atoms with Gasteiger partial charge in [-0.1, -0.05) is 12.1 Å². The summed E-state index contributed by atoms with van der Waals surface area (Å²) in [5, 5.41) is 12.9. The molecule has 7 nitrogen and oxygen atoms in total. The number of fused-ring (bicyclic) bond motifs is 1. The summed E-state index contributed by atoms with van der Waals surface area (Å²) in [7, 11) is 4.06. The molecule has 0 bridgehead atoms. The molecule has 0 atom stereocenters. The van der Waals surface area contributed by atoms with E-state index in [1.165, 1.54) is 18.5 Å². The van der Waals surface area contributed by atoms with Gasteiger partial charge in [-0.3, -0.25) is 4.68 Å². The molecule has 4 rings (SSSR count). The lowest BCUT2D eigenvalue weighted by Crippen LogP contribution is -2.32. The van der Waals surface area contributed by atoms with E-state index < -0.39 is 0 Å². The lowest BCUT2D eigenvalue weighted by Gasteiger charge is -2.29. The number of halogens is 1. The summed E-state index contributed by atoms with van der Waals surface area (Å²) in [6.45, 7) is 6.98. The van der Waals surface area contributed by atoms with Crippen molar-refractivity contribution in [3.05, 3.63) is 40.1 Å². The lowest BCUT2D eigenvalue weighted by atomic mass is 9.86. The maximum atomic E-state index is 4.80. The molecule has 32 heavy (non-hydrogen) atoms. The molecule has 1 aliphatic carbocycles. The van der Waals surface area contributed by atoms with E-state index in [4.69, 9.17) is 9.97 Å². The van der Waals surface area contributed by atoms with Gasteiger partial charge in [-0.2, -0.15) is 10.1 Å². The van der Waals surface area contributed by atoms with E-state index in [-0.39, 0.29) is 0 Å². The third-order valence-corrected chi connectivity index (χ3v) is 7.40. The first-order valence-electron chi connectivity index (χ1n) is 11.6. The Morgan fingerprint density at radius 3 is 2.59 bits per heavy atom. The fourth-order valence-electron chi connectivity index (χ4n) is 4.59. The average Bonchev–Trinajstić information content (AvgIpc) is 3.07. The van der Waals surface area contributed by atoms with Crippen LogP contribution in [-0.2, 0) is 13.1 Å². The molecule has 1 fully saturated rings. The van der Waals surface area contributed by atoms with Gasteiger partial charge in [-0.05, 0) is 80.1 Å². The van der Waals surface area contributed by atoms with E-state index in [1.54, 1.807) is 0 Å². The van der Waals surface area contributed by atoms with Crippen molar-refractivity contribution in [1.82, 2.24) is 25.1 Å². The molecule has 1 aromatic carbocycles. The predicted octanol–water partition coefficient (Wildman–Crippen LogP) is 4.74. The summed E-state index contributed by atoms with van der Waals surface area (Å²) in [5.74, 6) is 2.41. The van der Waals surface area contributed by atoms with Gasteiger partial charge < -0.3 is 15.5 Å². The first-order chi connectivity index (χ1) is 15.5. The van der Waals surface area contributed by atoms with E-state index in [0.717, 1.165) is 65.3 Å². The Bertz CT molecular complexity index is 1050. The minimum absolute atomic E-state index is 0.431. The van der Waals surface area contributed by atoms with Crippen molar-refractivity contribution >= 4 is 38.6 Å². The summed E-state index contributed by atoms with van der Waals surface area (Å²) < 4.78 is 3.21. The van der Waals surface area contributed by atoms with Crippen LogP contribution in [0.25, 0.3) is 10.9 Å². The number of anilines is 2. The van der Waals surface area contributed by atoms with Gasteiger partial charge in [0.05, 0.1) is 21.4 Å². The largest absolute Gasteiger partial charge is 0.362 e. The normalized spacial score (nSPS) is 18.8. The average molecular weight is 500 g/mol. The lowest BCUT2D eigenvalue weighted by molar-refractivity contribution is 0.322. The fourth-order valence-corrected chi connectivity index (χ4v) is 5.02. The van der Waals surface area contributed by atoms with Crippen molar-refractivity contribution in [3.8, 4) is 0 Å². The fraction of sp³-hybridized carbons (Fsp3) is 0.542. The highest BCUT2D eigenvalue weighted by Gasteiger charge is 2.22. The van der Waals surface area contributed by atoms with Crippen LogP contribution in [0.3, 0.4) is 0 Å². The Hall–Kier alpha value is -2.19. The number of hydrogen-bond donors (Lipinski definition) is 2. The first-order valence-corrected chi connectivity index (χ1v) is 12.4. The second kappa shape index (κ2) is 10.2. The Morgan fingerprint density at radius 2 is 1.88 bits per heavy atom. The monoisotopic (exact) mass is 499 g/mol. The number of para-hydroxylation sites is 1. The number of nitrogens with zero attached hydrogens (tertiary/aromatic N) is 5. The van der Waals surface area contributed by atoms with Crippen LogP contribution in [0.5, 0.6) is 0 Å². The van der Waals surface area contributed by atoms with Gasteiger partial charge >= 0.3 is 0 Å². The minimum atomic E-state index is 0.431. The van der Waals surface area contributed by atoms with Crippen LogP contribution >= 0.6 is 15.9 Å². The molecule has 1 saturated carbocycles. The van der Waals surface area contributed by atoms with Crippen LogP contribution in [0.1, 0.15) is 44.0 Å². The van der Waals surface area contributed by atoms with Crippen LogP contribution in [0, 0.1) is 12.8 Å². The molecular formula is C24H34BrN7. The van der Waals surface area contributed by atoms with Gasteiger partial charge in [0.15, 0.2) is 0 Å². The van der Waals surface area contributed by atoms with E-state index >= 15 is 0 Å². The van der Waals surface area contributed by atoms with Gasteiger partial charge in [0.25, 0.3) is 0 Å². The third-order valence-electron chi connectivity index (χ3n) is 6.36. The Balaban J connectivity index is 1.30. The number of rotatable bonds is 8. The molecule has 0 amide bonds. The highest BCUT2D eigenvalue weighted by atomic mass is 79.9. The molecule has 1 aliphatic rings. The molecule has 2 aromatic heterocycles. The molecule has 0 unspecified atom stereocenters. The molecule has 0 saturated heterocycles. The van der Waals surface area contributed by atoms with Gasteiger partial charge in [0.2, 0.25) is 5.95 Å². The highest BCUT2D eigenvalue weighted by Crippen LogP contribution is 2.28. The Kier molecular flexibility index (Phi) is 7.30. The van der Waals surface area contributed by atoms with Crippen molar-refractivity contribution in [2.75, 3.05) is 30.9 Å². The third kappa shape index (κ3) is 5.07. The number of aryl methyl sites for hydroxylation is 2. The minimum Gasteiger partial charge on any atom is -0.362 e. The smallest absolute Gasteiger partial charge is 0.225 e. The van der Waals surface area contributed by atoms with Gasteiger partial charge in [0.1, 0.15) is 5.82 Å². The Morgan fingerprint density at radius 1 is 1.12 bits per heavy atom. The zero-order chi connectivity index (χ0) is 22.7. The van der Waals surface area contributed by atoms with Crippen molar-refractivity contribution in [3.63, 3.8) is 0 Å². The van der Waals surface area contributed by atoms with Crippen molar-refractivity contribution in [2.24, 2.45) is 5.92 Å². The van der Waals surface area contributed by atoms with Gasteiger partial charge in [0, 0.05) is 38.6 Å². The zero-order valence-electron chi connectivity index (χ0n) is 19.5. The molecule has 0 radical (unpaired) electrons. The molecular weight excluding hydrogens is 466 g/mol. The number of nitrogens with one attached hydrogen (secondary N) is 2. The van der Waals surface area contributed by atoms with E-state index in [9.17, 15) is 0 Å². The quantitative estimate of drug-likeness (QED) is 0.466. The van der Waals surface area contributed by atoms with Gasteiger partial charge in [-0.15, -0.1) is 0 Å². The van der Waals surface area contributed by atoms with Crippen molar-refractivity contribution in [2.45, 2.75) is 58.7 Å². The number of benzene rings is 1. The second-order valence-electron chi connectivity index (χ2n) is 8.94. The highest BCUT2D eigenvalue weighted by molar-refractivity contribution is 9.10. The van der Waals surface area contributed by atoms with Crippen LogP contribution in [0.15, 0.2) is 28.7 Å². The molecule has 8 heteroatoms. The van der Waals surface area contributed by atoms with Gasteiger partial charge in [-0.25, -0.2) is 4.98 Å². The Labute approximate surface area is 199 Å². The summed E-state index contributed by atoms with van der Waals surface area (Å²) in [6, 6.07) is 8.64. The molecule has 3 aromatic rings. The van der Waals surface area contributed by atoms with Crippen LogP contribution in [-0.4, -0.2) is 46.4 Å².